The van der Waals surface area contributed by atoms with Gasteiger partial charge in [-0.3, -0.25) is 0 Å². The van der Waals surface area contributed by atoms with Crippen LogP contribution in [0.3, 0.4) is 0 Å². The fourth-order valence-electron chi connectivity index (χ4n) is 1.68. The fraction of sp³-hybridized carbons (Fsp3) is 0.143. The van der Waals surface area contributed by atoms with Crippen molar-refractivity contribution in [2.75, 3.05) is 6.26 Å². The molecular weight excluding hydrogens is 312 g/mol. The van der Waals surface area contributed by atoms with Crippen LogP contribution in [-0.4, -0.2) is 14.7 Å². The van der Waals surface area contributed by atoms with E-state index in [0.717, 1.165) is 16.5 Å². The average molecular weight is 325 g/mol. The zero-order chi connectivity index (χ0) is 13.2. The Balaban J connectivity index is 2.34. The molecule has 0 aromatic heterocycles. The highest BCUT2D eigenvalue weighted by Crippen LogP contribution is 2.22. The molecule has 0 fully saturated rings. The van der Waals surface area contributed by atoms with Crippen molar-refractivity contribution in [3.05, 3.63) is 54.1 Å². The van der Waals surface area contributed by atoms with Crippen molar-refractivity contribution in [3.8, 4) is 11.1 Å². The number of rotatable bonds is 3. The topological polar surface area (TPSA) is 34.1 Å². The van der Waals surface area contributed by atoms with Gasteiger partial charge in [0.25, 0.3) is 0 Å². The first kappa shape index (κ1) is 13.3. The molecule has 18 heavy (non-hydrogen) atoms. The van der Waals surface area contributed by atoms with E-state index in [1.165, 1.54) is 11.8 Å². The molecule has 0 spiro atoms. The Morgan fingerprint density at radius 1 is 0.889 bits per heavy atom. The lowest BCUT2D eigenvalue weighted by Crippen LogP contribution is -1.96. The summed E-state index contributed by atoms with van der Waals surface area (Å²) in [4.78, 5) is 0.350. The molecule has 0 aliphatic heterocycles. The normalized spacial score (nSPS) is 11.4. The summed E-state index contributed by atoms with van der Waals surface area (Å²) in [5.41, 5.74) is 3.31. The molecule has 2 nitrogen and oxygen atoms in total. The summed E-state index contributed by atoms with van der Waals surface area (Å²) in [5, 5.41) is 0.834. The third-order valence-corrected chi connectivity index (χ3v) is 4.50. The predicted molar refractivity (Wildman–Crippen MR) is 77.6 cm³/mol. The molecule has 2 aromatic carbocycles. The van der Waals surface area contributed by atoms with Gasteiger partial charge in [-0.1, -0.05) is 52.3 Å². The largest absolute Gasteiger partial charge is 0.224 e. The number of alkyl halides is 1. The highest BCUT2D eigenvalue weighted by atomic mass is 79.9. The van der Waals surface area contributed by atoms with Crippen molar-refractivity contribution in [1.29, 1.82) is 0 Å². The van der Waals surface area contributed by atoms with E-state index >= 15 is 0 Å². The quantitative estimate of drug-likeness (QED) is 0.807. The molecule has 0 atom stereocenters. The molecule has 0 bridgehead atoms. The predicted octanol–water partition coefficient (Wildman–Crippen LogP) is 3.65. The van der Waals surface area contributed by atoms with Gasteiger partial charge in [0.05, 0.1) is 4.90 Å². The van der Waals surface area contributed by atoms with E-state index < -0.39 is 9.84 Å². The van der Waals surface area contributed by atoms with Gasteiger partial charge in [-0.05, 0) is 28.8 Å². The number of hydrogen-bond donors (Lipinski definition) is 0. The SMILES string of the molecule is CS(=O)(=O)c1ccc(-c2ccc(CBr)cc2)cc1. The first-order chi connectivity index (χ1) is 8.50. The third-order valence-electron chi connectivity index (χ3n) is 2.72. The lowest BCUT2D eigenvalue weighted by atomic mass is 10.0. The second-order valence-electron chi connectivity index (χ2n) is 4.13. The van der Waals surface area contributed by atoms with E-state index in [1.807, 2.05) is 24.3 Å². The molecular formula is C14H13BrO2S. The Bertz CT molecular complexity index is 628. The van der Waals surface area contributed by atoms with E-state index in [2.05, 4.69) is 28.1 Å². The Labute approximate surface area is 116 Å². The maximum Gasteiger partial charge on any atom is 0.175 e. The smallest absolute Gasteiger partial charge is 0.175 e. The molecule has 0 radical (unpaired) electrons. The van der Waals surface area contributed by atoms with Gasteiger partial charge in [0.2, 0.25) is 0 Å². The monoisotopic (exact) mass is 324 g/mol. The molecule has 0 saturated heterocycles. The summed E-state index contributed by atoms with van der Waals surface area (Å²) >= 11 is 3.40. The molecule has 0 unspecified atom stereocenters. The van der Waals surface area contributed by atoms with Gasteiger partial charge in [-0.25, -0.2) is 8.42 Å². The summed E-state index contributed by atoms with van der Waals surface area (Å²) in [6.45, 7) is 0. The summed E-state index contributed by atoms with van der Waals surface area (Å²) in [7, 11) is -3.12. The van der Waals surface area contributed by atoms with Crippen LogP contribution < -0.4 is 0 Å². The fourth-order valence-corrected chi connectivity index (χ4v) is 2.69. The lowest BCUT2D eigenvalue weighted by molar-refractivity contribution is 0.602. The molecule has 94 valence electrons. The molecule has 0 heterocycles. The second-order valence-corrected chi connectivity index (χ2v) is 6.70. The Morgan fingerprint density at radius 2 is 1.33 bits per heavy atom. The molecule has 0 aliphatic rings. The summed E-state index contributed by atoms with van der Waals surface area (Å²) in [5.74, 6) is 0. The van der Waals surface area contributed by atoms with E-state index in [1.54, 1.807) is 12.1 Å². The first-order valence-corrected chi connectivity index (χ1v) is 8.47. The number of sulfone groups is 1. The highest BCUT2D eigenvalue weighted by Gasteiger charge is 2.06. The van der Waals surface area contributed by atoms with Crippen LogP contribution in [0.1, 0.15) is 5.56 Å². The van der Waals surface area contributed by atoms with Crippen molar-refractivity contribution >= 4 is 25.8 Å². The van der Waals surface area contributed by atoms with Crippen molar-refractivity contribution in [3.63, 3.8) is 0 Å². The standard InChI is InChI=1S/C14H13BrO2S/c1-18(16,17)14-8-6-13(7-9-14)12-4-2-11(10-15)3-5-12/h2-9H,10H2,1H3. The van der Waals surface area contributed by atoms with E-state index in [9.17, 15) is 8.42 Å². The maximum atomic E-state index is 11.4. The lowest BCUT2D eigenvalue weighted by Gasteiger charge is -2.04. The Hall–Kier alpha value is -1.13. The van der Waals surface area contributed by atoms with Gasteiger partial charge < -0.3 is 0 Å². The molecule has 4 heteroatoms. The first-order valence-electron chi connectivity index (χ1n) is 5.46. The van der Waals surface area contributed by atoms with Crippen LogP contribution in [0.25, 0.3) is 11.1 Å². The third kappa shape index (κ3) is 3.00. The van der Waals surface area contributed by atoms with Gasteiger partial charge in [0, 0.05) is 11.6 Å². The molecule has 0 N–H and O–H groups in total. The number of halogens is 1. The van der Waals surface area contributed by atoms with Crippen LogP contribution >= 0.6 is 15.9 Å². The molecule has 2 aromatic rings. The van der Waals surface area contributed by atoms with Crippen LogP contribution in [0, 0.1) is 0 Å². The van der Waals surface area contributed by atoms with Crippen LogP contribution in [0.15, 0.2) is 53.4 Å². The van der Waals surface area contributed by atoms with Crippen molar-refractivity contribution in [1.82, 2.24) is 0 Å². The van der Waals surface area contributed by atoms with Gasteiger partial charge in [0.15, 0.2) is 9.84 Å². The minimum Gasteiger partial charge on any atom is -0.224 e. The van der Waals surface area contributed by atoms with E-state index in [4.69, 9.17) is 0 Å². The average Bonchev–Trinajstić information content (AvgIpc) is 2.38. The van der Waals surface area contributed by atoms with Gasteiger partial charge >= 0.3 is 0 Å². The number of benzene rings is 2. The van der Waals surface area contributed by atoms with Gasteiger partial charge in [-0.15, -0.1) is 0 Å². The van der Waals surface area contributed by atoms with Gasteiger partial charge in [0.1, 0.15) is 0 Å². The van der Waals surface area contributed by atoms with Crippen LogP contribution in [0.5, 0.6) is 0 Å². The molecule has 0 saturated carbocycles. The van der Waals surface area contributed by atoms with Crippen LogP contribution in [0.4, 0.5) is 0 Å². The molecule has 0 aliphatic carbocycles. The minimum absolute atomic E-state index is 0.350. The minimum atomic E-state index is -3.12. The zero-order valence-corrected chi connectivity index (χ0v) is 12.3. The van der Waals surface area contributed by atoms with Crippen molar-refractivity contribution < 1.29 is 8.42 Å². The Morgan fingerprint density at radius 3 is 1.72 bits per heavy atom. The summed E-state index contributed by atoms with van der Waals surface area (Å²) in [6, 6.07) is 15.1. The molecule has 2 rings (SSSR count). The highest BCUT2D eigenvalue weighted by molar-refractivity contribution is 9.08. The number of hydrogen-bond acceptors (Lipinski definition) is 2. The molecule has 0 amide bonds. The summed E-state index contributed by atoms with van der Waals surface area (Å²) in [6.07, 6.45) is 1.22. The Kier molecular flexibility index (Phi) is 3.88. The van der Waals surface area contributed by atoms with Crippen molar-refractivity contribution in [2.45, 2.75) is 10.2 Å². The van der Waals surface area contributed by atoms with Gasteiger partial charge in [-0.2, -0.15) is 0 Å². The van der Waals surface area contributed by atoms with Crippen molar-refractivity contribution in [2.24, 2.45) is 0 Å². The van der Waals surface area contributed by atoms with E-state index in [0.29, 0.717) is 4.90 Å². The zero-order valence-electron chi connectivity index (χ0n) is 9.93. The van der Waals surface area contributed by atoms with E-state index in [-0.39, 0.29) is 0 Å². The van der Waals surface area contributed by atoms with Crippen LogP contribution in [0.2, 0.25) is 0 Å². The summed E-state index contributed by atoms with van der Waals surface area (Å²) < 4.78 is 22.7. The van der Waals surface area contributed by atoms with Crippen LogP contribution in [-0.2, 0) is 15.2 Å². The maximum absolute atomic E-state index is 11.4. The second kappa shape index (κ2) is 5.24.